The zero-order valence-electron chi connectivity index (χ0n) is 10.3. The van der Waals surface area contributed by atoms with Crippen LogP contribution in [0, 0.1) is 18.3 Å². The van der Waals surface area contributed by atoms with Crippen LogP contribution in [0.15, 0.2) is 29.8 Å². The average molecular weight is 229 g/mol. The predicted molar refractivity (Wildman–Crippen MR) is 66.0 cm³/mol. The van der Waals surface area contributed by atoms with Gasteiger partial charge in [-0.1, -0.05) is 29.8 Å². The molecule has 0 spiro atoms. The second kappa shape index (κ2) is 5.86. The molecule has 0 unspecified atom stereocenters. The molecule has 0 aliphatic rings. The van der Waals surface area contributed by atoms with E-state index in [1.807, 2.05) is 37.3 Å². The number of allylic oxidation sites excluding steroid dienone is 1. The van der Waals surface area contributed by atoms with Crippen LogP contribution >= 0.6 is 0 Å². The van der Waals surface area contributed by atoms with Gasteiger partial charge >= 0.3 is 5.97 Å². The Kier molecular flexibility index (Phi) is 4.47. The first-order valence-corrected chi connectivity index (χ1v) is 5.45. The maximum atomic E-state index is 11.6. The number of esters is 1. The molecule has 0 bridgehead atoms. The van der Waals surface area contributed by atoms with Crippen molar-refractivity contribution in [2.75, 3.05) is 6.61 Å². The second-order valence-corrected chi connectivity index (χ2v) is 3.70. The van der Waals surface area contributed by atoms with E-state index in [9.17, 15) is 4.79 Å². The summed E-state index contributed by atoms with van der Waals surface area (Å²) in [5, 5.41) is 9.02. The first-order valence-electron chi connectivity index (χ1n) is 5.45. The molecule has 0 heterocycles. The summed E-state index contributed by atoms with van der Waals surface area (Å²) in [6.45, 7) is 5.71. The monoisotopic (exact) mass is 229 g/mol. The molecule has 0 saturated heterocycles. The third-order valence-electron chi connectivity index (χ3n) is 2.42. The van der Waals surface area contributed by atoms with Gasteiger partial charge in [0.1, 0.15) is 11.6 Å². The van der Waals surface area contributed by atoms with Crippen molar-refractivity contribution in [1.82, 2.24) is 0 Å². The van der Waals surface area contributed by atoms with E-state index in [2.05, 4.69) is 0 Å². The topological polar surface area (TPSA) is 50.1 Å². The molecule has 3 nitrogen and oxygen atoms in total. The highest BCUT2D eigenvalue weighted by Gasteiger charge is 2.14. The number of benzene rings is 1. The zero-order valence-corrected chi connectivity index (χ0v) is 10.3. The molecule has 0 aliphatic carbocycles. The fraction of sp³-hybridized carbons (Fsp3) is 0.286. The van der Waals surface area contributed by atoms with Crippen molar-refractivity contribution in [2.45, 2.75) is 20.8 Å². The Bertz CT molecular complexity index is 495. The molecule has 1 aromatic carbocycles. The Morgan fingerprint density at radius 2 is 2.18 bits per heavy atom. The highest BCUT2D eigenvalue weighted by atomic mass is 16.5. The van der Waals surface area contributed by atoms with Crippen molar-refractivity contribution in [3.8, 4) is 6.07 Å². The van der Waals surface area contributed by atoms with Gasteiger partial charge in [-0.25, -0.2) is 4.79 Å². The normalized spacial score (nSPS) is 11.4. The van der Waals surface area contributed by atoms with Gasteiger partial charge in [0.05, 0.1) is 6.61 Å². The number of ether oxygens (including phenoxy) is 1. The smallest absolute Gasteiger partial charge is 0.349 e. The minimum absolute atomic E-state index is 0.0671. The lowest BCUT2D eigenvalue weighted by Gasteiger charge is -2.06. The summed E-state index contributed by atoms with van der Waals surface area (Å²) in [7, 11) is 0. The summed E-state index contributed by atoms with van der Waals surface area (Å²) in [6, 6.07) is 9.58. The number of aryl methyl sites for hydroxylation is 1. The molecule has 0 aliphatic heterocycles. The molecule has 0 atom stereocenters. The minimum Gasteiger partial charge on any atom is -0.462 e. The van der Waals surface area contributed by atoms with Crippen LogP contribution in [-0.2, 0) is 9.53 Å². The number of nitrogens with zero attached hydrogens (tertiary/aromatic N) is 1. The summed E-state index contributed by atoms with van der Waals surface area (Å²) in [4.78, 5) is 11.6. The van der Waals surface area contributed by atoms with Crippen LogP contribution in [-0.4, -0.2) is 12.6 Å². The van der Waals surface area contributed by atoms with Gasteiger partial charge in [-0.15, -0.1) is 0 Å². The quantitative estimate of drug-likeness (QED) is 0.455. The van der Waals surface area contributed by atoms with Crippen molar-refractivity contribution in [3.63, 3.8) is 0 Å². The van der Waals surface area contributed by atoms with Crippen LogP contribution in [0.4, 0.5) is 0 Å². The third-order valence-corrected chi connectivity index (χ3v) is 2.42. The molecule has 17 heavy (non-hydrogen) atoms. The number of nitriles is 1. The van der Waals surface area contributed by atoms with Gasteiger partial charge in [0.25, 0.3) is 0 Å². The highest BCUT2D eigenvalue weighted by molar-refractivity contribution is 6.01. The van der Waals surface area contributed by atoms with Crippen molar-refractivity contribution >= 4 is 11.5 Å². The van der Waals surface area contributed by atoms with E-state index >= 15 is 0 Å². The number of rotatable bonds is 3. The number of hydrogen-bond donors (Lipinski definition) is 0. The Morgan fingerprint density at radius 3 is 2.71 bits per heavy atom. The van der Waals surface area contributed by atoms with Crippen LogP contribution < -0.4 is 0 Å². The highest BCUT2D eigenvalue weighted by Crippen LogP contribution is 2.19. The van der Waals surface area contributed by atoms with Gasteiger partial charge in [-0.2, -0.15) is 5.26 Å². The Balaban J connectivity index is 3.18. The van der Waals surface area contributed by atoms with E-state index in [4.69, 9.17) is 10.00 Å². The lowest BCUT2D eigenvalue weighted by molar-refractivity contribution is -0.137. The molecule has 0 aromatic heterocycles. The molecular weight excluding hydrogens is 214 g/mol. The first-order chi connectivity index (χ1) is 8.10. The van der Waals surface area contributed by atoms with Gasteiger partial charge in [0.15, 0.2) is 0 Å². The van der Waals surface area contributed by atoms with E-state index < -0.39 is 5.97 Å². The van der Waals surface area contributed by atoms with Gasteiger partial charge in [-0.05, 0) is 31.9 Å². The number of hydrogen-bond acceptors (Lipinski definition) is 3. The standard InChI is InChI=1S/C14H15NO2/c1-4-17-14(16)13(9-15)11(3)12-7-5-6-10(2)8-12/h5-8H,4H2,1-3H3/b13-11+. The fourth-order valence-corrected chi connectivity index (χ4v) is 1.51. The SMILES string of the molecule is CCOC(=O)/C(C#N)=C(\C)c1cccc(C)c1. The van der Waals surface area contributed by atoms with Crippen LogP contribution in [0.1, 0.15) is 25.0 Å². The molecule has 0 radical (unpaired) electrons. The fourth-order valence-electron chi connectivity index (χ4n) is 1.51. The van der Waals surface area contributed by atoms with E-state index in [-0.39, 0.29) is 12.2 Å². The molecule has 88 valence electrons. The van der Waals surface area contributed by atoms with Crippen molar-refractivity contribution in [2.24, 2.45) is 0 Å². The van der Waals surface area contributed by atoms with Crippen LogP contribution in [0.3, 0.4) is 0 Å². The minimum atomic E-state index is -0.561. The second-order valence-electron chi connectivity index (χ2n) is 3.70. The number of carbonyl (C=O) groups excluding carboxylic acids is 1. The summed E-state index contributed by atoms with van der Waals surface area (Å²) >= 11 is 0. The third kappa shape index (κ3) is 3.18. The number of carbonyl (C=O) groups is 1. The zero-order chi connectivity index (χ0) is 12.8. The van der Waals surface area contributed by atoms with Crippen molar-refractivity contribution in [3.05, 3.63) is 41.0 Å². The summed E-state index contributed by atoms with van der Waals surface area (Å²) in [5.41, 5.74) is 2.67. The first kappa shape index (κ1) is 13.0. The van der Waals surface area contributed by atoms with Crippen LogP contribution in [0.5, 0.6) is 0 Å². The Labute approximate surface area is 101 Å². The predicted octanol–water partition coefficient (Wildman–Crippen LogP) is 2.86. The van der Waals surface area contributed by atoms with Gasteiger partial charge in [0.2, 0.25) is 0 Å². The lowest BCUT2D eigenvalue weighted by atomic mass is 10.0. The van der Waals surface area contributed by atoms with Crippen LogP contribution in [0.25, 0.3) is 5.57 Å². The molecule has 3 heteroatoms. The molecule has 1 aromatic rings. The summed E-state index contributed by atoms with van der Waals surface area (Å²) < 4.78 is 4.85. The van der Waals surface area contributed by atoms with Crippen molar-refractivity contribution < 1.29 is 9.53 Å². The van der Waals surface area contributed by atoms with Gasteiger partial charge in [0, 0.05) is 0 Å². The maximum absolute atomic E-state index is 11.6. The van der Waals surface area contributed by atoms with E-state index in [1.54, 1.807) is 13.8 Å². The van der Waals surface area contributed by atoms with Crippen molar-refractivity contribution in [1.29, 1.82) is 5.26 Å². The largest absolute Gasteiger partial charge is 0.462 e. The van der Waals surface area contributed by atoms with E-state index in [1.165, 1.54) is 0 Å². The van der Waals surface area contributed by atoms with Crippen LogP contribution in [0.2, 0.25) is 0 Å². The molecule has 0 amide bonds. The van der Waals surface area contributed by atoms with E-state index in [0.717, 1.165) is 11.1 Å². The Morgan fingerprint density at radius 1 is 1.47 bits per heavy atom. The molecule has 1 rings (SSSR count). The summed E-state index contributed by atoms with van der Waals surface area (Å²) in [5.74, 6) is -0.561. The summed E-state index contributed by atoms with van der Waals surface area (Å²) in [6.07, 6.45) is 0. The van der Waals surface area contributed by atoms with E-state index in [0.29, 0.717) is 5.57 Å². The molecular formula is C14H15NO2. The molecule has 0 fully saturated rings. The van der Waals surface area contributed by atoms with Gasteiger partial charge in [-0.3, -0.25) is 0 Å². The molecule has 0 N–H and O–H groups in total. The Hall–Kier alpha value is -2.08. The molecule has 0 saturated carbocycles. The van der Waals surface area contributed by atoms with Gasteiger partial charge < -0.3 is 4.74 Å². The average Bonchev–Trinajstić information content (AvgIpc) is 2.30. The maximum Gasteiger partial charge on any atom is 0.349 e. The lowest BCUT2D eigenvalue weighted by Crippen LogP contribution is -2.08.